The van der Waals surface area contributed by atoms with Crippen LogP contribution in [0.2, 0.25) is 0 Å². The molecule has 88 valence electrons. The van der Waals surface area contributed by atoms with Crippen LogP contribution in [-0.4, -0.2) is 13.1 Å². The Morgan fingerprint density at radius 3 is 2.69 bits per heavy atom. The Kier molecular flexibility index (Phi) is 4.50. The van der Waals surface area contributed by atoms with Crippen LogP contribution in [0.4, 0.5) is 0 Å². The number of esters is 1. The number of rotatable bonds is 4. The predicted octanol–water partition coefficient (Wildman–Crippen LogP) is 2.26. The van der Waals surface area contributed by atoms with Gasteiger partial charge in [-0.1, -0.05) is 23.8 Å². The molecule has 2 N–H and O–H groups in total. The molecule has 3 nitrogen and oxygen atoms in total. The van der Waals surface area contributed by atoms with Crippen molar-refractivity contribution in [1.82, 2.24) is 0 Å². The summed E-state index contributed by atoms with van der Waals surface area (Å²) in [6.07, 6.45) is 0.988. The van der Waals surface area contributed by atoms with Crippen LogP contribution in [0.5, 0.6) is 0 Å². The van der Waals surface area contributed by atoms with Crippen LogP contribution in [0.25, 0.3) is 0 Å². The molecule has 1 unspecified atom stereocenters. The first-order valence-corrected chi connectivity index (χ1v) is 5.44. The Balaban J connectivity index is 2.65. The van der Waals surface area contributed by atoms with E-state index in [0.29, 0.717) is 12.8 Å². The van der Waals surface area contributed by atoms with Crippen molar-refractivity contribution >= 4 is 5.97 Å². The van der Waals surface area contributed by atoms with E-state index in [2.05, 4.69) is 17.7 Å². The lowest BCUT2D eigenvalue weighted by Gasteiger charge is -2.14. The van der Waals surface area contributed by atoms with Crippen LogP contribution in [-0.2, 0) is 9.53 Å². The zero-order valence-corrected chi connectivity index (χ0v) is 10.1. The molecule has 0 amide bonds. The van der Waals surface area contributed by atoms with Gasteiger partial charge in [0, 0.05) is 12.5 Å². The SMILES string of the molecule is COC(=O)CCC(N)c1ccc(C)cc1C. The number of nitrogens with two attached hydrogens (primary N) is 1. The van der Waals surface area contributed by atoms with Gasteiger partial charge in [-0.15, -0.1) is 0 Å². The first-order valence-electron chi connectivity index (χ1n) is 5.44. The number of ether oxygens (including phenoxy) is 1. The summed E-state index contributed by atoms with van der Waals surface area (Å²) in [6, 6.07) is 6.08. The lowest BCUT2D eigenvalue weighted by atomic mass is 9.97. The molecule has 1 rings (SSSR count). The number of aryl methyl sites for hydroxylation is 2. The number of carbonyl (C=O) groups excluding carboxylic acids is 1. The van der Waals surface area contributed by atoms with Crippen molar-refractivity contribution in [3.05, 3.63) is 34.9 Å². The van der Waals surface area contributed by atoms with Gasteiger partial charge in [0.2, 0.25) is 0 Å². The highest BCUT2D eigenvalue weighted by molar-refractivity contribution is 5.69. The van der Waals surface area contributed by atoms with E-state index in [-0.39, 0.29) is 12.0 Å². The molecule has 0 fully saturated rings. The van der Waals surface area contributed by atoms with Gasteiger partial charge in [-0.25, -0.2) is 0 Å². The molecule has 16 heavy (non-hydrogen) atoms. The van der Waals surface area contributed by atoms with Crippen LogP contribution in [0, 0.1) is 13.8 Å². The van der Waals surface area contributed by atoms with Crippen LogP contribution < -0.4 is 5.73 Å². The third-order valence-electron chi connectivity index (χ3n) is 2.71. The monoisotopic (exact) mass is 221 g/mol. The molecule has 1 atom stereocenters. The van der Waals surface area contributed by atoms with E-state index in [9.17, 15) is 4.79 Å². The molecule has 0 bridgehead atoms. The summed E-state index contributed by atoms with van der Waals surface area (Å²) in [5, 5.41) is 0. The molecular formula is C13H19NO2. The molecule has 0 aromatic heterocycles. The third kappa shape index (κ3) is 3.35. The fraction of sp³-hybridized carbons (Fsp3) is 0.462. The van der Waals surface area contributed by atoms with Gasteiger partial charge in [-0.3, -0.25) is 4.79 Å². The molecule has 1 aromatic rings. The van der Waals surface area contributed by atoms with Crippen molar-refractivity contribution < 1.29 is 9.53 Å². The summed E-state index contributed by atoms with van der Waals surface area (Å²) >= 11 is 0. The summed E-state index contributed by atoms with van der Waals surface area (Å²) in [5.74, 6) is -0.208. The highest BCUT2D eigenvalue weighted by atomic mass is 16.5. The van der Waals surface area contributed by atoms with E-state index in [1.54, 1.807) is 0 Å². The summed E-state index contributed by atoms with van der Waals surface area (Å²) in [6.45, 7) is 4.09. The summed E-state index contributed by atoms with van der Waals surface area (Å²) < 4.78 is 4.59. The largest absolute Gasteiger partial charge is 0.469 e. The molecule has 1 aromatic carbocycles. The summed E-state index contributed by atoms with van der Waals surface area (Å²) in [5.41, 5.74) is 9.55. The maximum absolute atomic E-state index is 11.0. The van der Waals surface area contributed by atoms with Gasteiger partial charge in [-0.2, -0.15) is 0 Å². The van der Waals surface area contributed by atoms with Gasteiger partial charge in [0.05, 0.1) is 7.11 Å². The maximum atomic E-state index is 11.0. The smallest absolute Gasteiger partial charge is 0.305 e. The second-order valence-electron chi connectivity index (χ2n) is 4.08. The highest BCUT2D eigenvalue weighted by Gasteiger charge is 2.11. The molecule has 0 aliphatic carbocycles. The Bertz CT molecular complexity index is 374. The van der Waals surface area contributed by atoms with E-state index in [4.69, 9.17) is 5.73 Å². The standard InChI is InChI=1S/C13H19NO2/c1-9-4-5-11(10(2)8-9)12(14)6-7-13(15)16-3/h4-5,8,12H,6-7,14H2,1-3H3. The second-order valence-corrected chi connectivity index (χ2v) is 4.08. The predicted molar refractivity (Wildman–Crippen MR) is 64.1 cm³/mol. The van der Waals surface area contributed by atoms with Gasteiger partial charge in [0.15, 0.2) is 0 Å². The zero-order chi connectivity index (χ0) is 12.1. The van der Waals surface area contributed by atoms with Crippen molar-refractivity contribution in [2.24, 2.45) is 5.73 Å². The molecule has 0 aliphatic rings. The molecule has 0 aliphatic heterocycles. The summed E-state index contributed by atoms with van der Waals surface area (Å²) in [7, 11) is 1.39. The Labute approximate surface area is 96.6 Å². The topological polar surface area (TPSA) is 52.3 Å². The van der Waals surface area contributed by atoms with Crippen molar-refractivity contribution in [3.8, 4) is 0 Å². The van der Waals surface area contributed by atoms with Gasteiger partial charge in [-0.05, 0) is 31.4 Å². The third-order valence-corrected chi connectivity index (χ3v) is 2.71. The fourth-order valence-electron chi connectivity index (χ4n) is 1.77. The quantitative estimate of drug-likeness (QED) is 0.793. The van der Waals surface area contributed by atoms with Crippen LogP contribution in [0.3, 0.4) is 0 Å². The number of carbonyl (C=O) groups is 1. The minimum atomic E-state index is -0.208. The molecule has 0 saturated carbocycles. The Hall–Kier alpha value is -1.35. The zero-order valence-electron chi connectivity index (χ0n) is 10.1. The molecular weight excluding hydrogens is 202 g/mol. The highest BCUT2D eigenvalue weighted by Crippen LogP contribution is 2.20. The van der Waals surface area contributed by atoms with E-state index >= 15 is 0 Å². The first-order chi connectivity index (χ1) is 7.54. The van der Waals surface area contributed by atoms with Crippen molar-refractivity contribution in [1.29, 1.82) is 0 Å². The van der Waals surface area contributed by atoms with Crippen molar-refractivity contribution in [3.63, 3.8) is 0 Å². The normalized spacial score (nSPS) is 12.2. The van der Waals surface area contributed by atoms with E-state index in [0.717, 1.165) is 5.56 Å². The lowest BCUT2D eigenvalue weighted by molar-refractivity contribution is -0.140. The van der Waals surface area contributed by atoms with Crippen LogP contribution in [0.15, 0.2) is 18.2 Å². The van der Waals surface area contributed by atoms with Gasteiger partial charge in [0.1, 0.15) is 0 Å². The van der Waals surface area contributed by atoms with Gasteiger partial charge >= 0.3 is 5.97 Å². The van der Waals surface area contributed by atoms with E-state index < -0.39 is 0 Å². The van der Waals surface area contributed by atoms with Crippen LogP contribution in [0.1, 0.15) is 35.6 Å². The number of hydrogen-bond donors (Lipinski definition) is 1. The molecule has 0 spiro atoms. The summed E-state index contributed by atoms with van der Waals surface area (Å²) in [4.78, 5) is 11.0. The average Bonchev–Trinajstić information content (AvgIpc) is 2.25. The van der Waals surface area contributed by atoms with E-state index in [1.165, 1.54) is 18.2 Å². The van der Waals surface area contributed by atoms with Gasteiger partial charge in [0.25, 0.3) is 0 Å². The fourth-order valence-corrected chi connectivity index (χ4v) is 1.77. The van der Waals surface area contributed by atoms with E-state index in [1.807, 2.05) is 19.1 Å². The Morgan fingerprint density at radius 1 is 1.44 bits per heavy atom. The second kappa shape index (κ2) is 5.66. The molecule has 0 radical (unpaired) electrons. The maximum Gasteiger partial charge on any atom is 0.305 e. The Morgan fingerprint density at radius 2 is 2.12 bits per heavy atom. The molecule has 0 saturated heterocycles. The first kappa shape index (κ1) is 12.7. The average molecular weight is 221 g/mol. The lowest BCUT2D eigenvalue weighted by Crippen LogP contribution is -2.14. The number of hydrogen-bond acceptors (Lipinski definition) is 3. The number of benzene rings is 1. The van der Waals surface area contributed by atoms with Crippen LogP contribution >= 0.6 is 0 Å². The molecule has 0 heterocycles. The molecule has 3 heteroatoms. The van der Waals surface area contributed by atoms with Gasteiger partial charge < -0.3 is 10.5 Å². The van der Waals surface area contributed by atoms with Crippen molar-refractivity contribution in [2.45, 2.75) is 32.7 Å². The minimum Gasteiger partial charge on any atom is -0.469 e. The van der Waals surface area contributed by atoms with Crippen molar-refractivity contribution in [2.75, 3.05) is 7.11 Å². The number of methoxy groups -OCH3 is 1. The minimum absolute atomic E-state index is 0.0975.